The molecule has 0 aliphatic heterocycles. The van der Waals surface area contributed by atoms with E-state index in [0.29, 0.717) is 10.6 Å². The minimum atomic E-state index is -0.645. The van der Waals surface area contributed by atoms with E-state index in [2.05, 4.69) is 0 Å². The number of Topliss-reactive ketones (excluding diaryl/α,β-unsaturated/α-hetero) is 1. The van der Waals surface area contributed by atoms with E-state index >= 15 is 0 Å². The molecule has 0 amide bonds. The molecule has 4 heteroatoms. The maximum atomic E-state index is 10.6. The molecule has 1 rings (SSSR count). The van der Waals surface area contributed by atoms with Gasteiger partial charge in [-0.05, 0) is 6.07 Å². The molecule has 0 aliphatic rings. The van der Waals surface area contributed by atoms with Gasteiger partial charge in [0, 0.05) is 10.9 Å². The Hall–Kier alpha value is -1.16. The number of nitrogen functional groups attached to an aromatic ring is 1. The Labute approximate surface area is 61.5 Å². The fraction of sp³-hybridized carbons (Fsp3) is 0. The third-order valence-corrected chi connectivity index (χ3v) is 1.74. The van der Waals surface area contributed by atoms with Gasteiger partial charge in [0.2, 0.25) is 5.78 Å². The fourth-order valence-electron chi connectivity index (χ4n) is 0.531. The first-order valence-corrected chi connectivity index (χ1v) is 3.38. The first-order valence-electron chi connectivity index (χ1n) is 2.50. The van der Waals surface area contributed by atoms with E-state index in [1.165, 1.54) is 29.1 Å². The zero-order valence-electron chi connectivity index (χ0n) is 4.96. The summed E-state index contributed by atoms with van der Waals surface area (Å²) in [4.78, 5) is 20.4. The molecule has 1 radical (unpaired) electrons. The van der Waals surface area contributed by atoms with Crippen molar-refractivity contribution in [3.63, 3.8) is 0 Å². The largest absolute Gasteiger partial charge is 0.391 e. The van der Waals surface area contributed by atoms with Crippen LogP contribution in [0.15, 0.2) is 11.4 Å². The Morgan fingerprint density at radius 2 is 2.40 bits per heavy atom. The van der Waals surface area contributed by atoms with Gasteiger partial charge in [0.15, 0.2) is 0 Å². The standard InChI is InChI=1S/C6H4NO2S/c7-6-1-4(3-10-6)5(9)2-8/h1,3H,7H2. The van der Waals surface area contributed by atoms with Crippen molar-refractivity contribution in [2.45, 2.75) is 0 Å². The van der Waals surface area contributed by atoms with Crippen molar-refractivity contribution in [2.75, 3.05) is 5.73 Å². The highest BCUT2D eigenvalue weighted by Crippen LogP contribution is 2.15. The van der Waals surface area contributed by atoms with Gasteiger partial charge in [-0.2, -0.15) is 0 Å². The molecule has 0 saturated heterocycles. The molecular formula is C6H4NO2S. The Bertz CT molecular complexity index is 266. The molecule has 51 valence electrons. The van der Waals surface area contributed by atoms with E-state index in [4.69, 9.17) is 5.73 Å². The second kappa shape index (κ2) is 2.62. The van der Waals surface area contributed by atoms with Crippen molar-refractivity contribution in [1.82, 2.24) is 0 Å². The molecule has 0 spiro atoms. The Kier molecular flexibility index (Phi) is 1.82. The first-order chi connectivity index (χ1) is 4.74. The number of hydrogen-bond donors (Lipinski definition) is 1. The van der Waals surface area contributed by atoms with Gasteiger partial charge in [0.25, 0.3) is 6.29 Å². The molecule has 0 aliphatic carbocycles. The van der Waals surface area contributed by atoms with Crippen LogP contribution in [0.1, 0.15) is 10.4 Å². The smallest absolute Gasteiger partial charge is 0.277 e. The van der Waals surface area contributed by atoms with Gasteiger partial charge in [-0.25, -0.2) is 0 Å². The van der Waals surface area contributed by atoms with Crippen LogP contribution in [0.5, 0.6) is 0 Å². The average Bonchev–Trinajstić information content (AvgIpc) is 2.34. The maximum Gasteiger partial charge on any atom is 0.277 e. The lowest BCUT2D eigenvalue weighted by atomic mass is 10.2. The molecule has 0 aromatic carbocycles. The predicted molar refractivity (Wildman–Crippen MR) is 38.8 cm³/mol. The summed E-state index contributed by atoms with van der Waals surface area (Å²) in [6.45, 7) is 0. The summed E-state index contributed by atoms with van der Waals surface area (Å²) in [6.07, 6.45) is 1.26. The van der Waals surface area contributed by atoms with Crippen molar-refractivity contribution >= 4 is 28.4 Å². The molecule has 0 atom stereocenters. The Balaban J connectivity index is 2.95. The van der Waals surface area contributed by atoms with Crippen LogP contribution in [-0.4, -0.2) is 12.1 Å². The van der Waals surface area contributed by atoms with Crippen LogP contribution in [0.4, 0.5) is 5.00 Å². The zero-order chi connectivity index (χ0) is 7.56. The molecule has 0 bridgehead atoms. The van der Waals surface area contributed by atoms with Gasteiger partial charge >= 0.3 is 0 Å². The molecule has 0 saturated carbocycles. The molecule has 0 unspecified atom stereocenters. The van der Waals surface area contributed by atoms with Crippen LogP contribution in [0.25, 0.3) is 0 Å². The van der Waals surface area contributed by atoms with E-state index in [9.17, 15) is 9.59 Å². The van der Waals surface area contributed by atoms with E-state index in [-0.39, 0.29) is 0 Å². The quantitative estimate of drug-likeness (QED) is 0.502. The highest BCUT2D eigenvalue weighted by molar-refractivity contribution is 7.14. The number of anilines is 1. The lowest BCUT2D eigenvalue weighted by Gasteiger charge is -1.79. The van der Waals surface area contributed by atoms with Gasteiger partial charge in [0.05, 0.1) is 5.00 Å². The fourth-order valence-corrected chi connectivity index (χ4v) is 1.16. The number of nitrogens with two attached hydrogens (primary N) is 1. The third-order valence-electron chi connectivity index (χ3n) is 0.975. The third kappa shape index (κ3) is 1.22. The Morgan fingerprint density at radius 3 is 2.80 bits per heavy atom. The van der Waals surface area contributed by atoms with Gasteiger partial charge in [-0.15, -0.1) is 11.3 Å². The van der Waals surface area contributed by atoms with Crippen LogP contribution in [-0.2, 0) is 4.79 Å². The van der Waals surface area contributed by atoms with Crippen molar-refractivity contribution < 1.29 is 9.59 Å². The summed E-state index contributed by atoms with van der Waals surface area (Å²) in [7, 11) is 0. The normalized spacial score (nSPS) is 9.20. The van der Waals surface area contributed by atoms with E-state index in [1.807, 2.05) is 0 Å². The summed E-state index contributed by atoms with van der Waals surface area (Å²) in [5.74, 6) is -0.645. The van der Waals surface area contributed by atoms with Crippen molar-refractivity contribution in [3.8, 4) is 0 Å². The first kappa shape index (κ1) is 6.95. The highest BCUT2D eigenvalue weighted by Gasteiger charge is 2.05. The van der Waals surface area contributed by atoms with E-state index in [1.54, 1.807) is 0 Å². The van der Waals surface area contributed by atoms with Crippen LogP contribution >= 0.6 is 11.3 Å². The second-order valence-electron chi connectivity index (χ2n) is 1.67. The number of carbonyl (C=O) groups excluding carboxylic acids is 2. The highest BCUT2D eigenvalue weighted by atomic mass is 32.1. The van der Waals surface area contributed by atoms with Crippen molar-refractivity contribution in [2.24, 2.45) is 0 Å². The lowest BCUT2D eigenvalue weighted by Crippen LogP contribution is -1.96. The molecular weight excluding hydrogens is 150 g/mol. The van der Waals surface area contributed by atoms with Crippen molar-refractivity contribution in [3.05, 3.63) is 17.0 Å². The molecule has 10 heavy (non-hydrogen) atoms. The van der Waals surface area contributed by atoms with E-state index < -0.39 is 5.78 Å². The predicted octanol–water partition coefficient (Wildman–Crippen LogP) is 0.623. The monoisotopic (exact) mass is 154 g/mol. The summed E-state index contributed by atoms with van der Waals surface area (Å²) in [5.41, 5.74) is 5.62. The van der Waals surface area contributed by atoms with Crippen LogP contribution in [0.2, 0.25) is 0 Å². The van der Waals surface area contributed by atoms with Gasteiger partial charge < -0.3 is 5.73 Å². The van der Waals surface area contributed by atoms with Gasteiger partial charge in [-0.3, -0.25) is 9.59 Å². The van der Waals surface area contributed by atoms with E-state index in [0.717, 1.165) is 0 Å². The second-order valence-corrected chi connectivity index (χ2v) is 2.61. The maximum absolute atomic E-state index is 10.6. The number of rotatable bonds is 2. The zero-order valence-corrected chi connectivity index (χ0v) is 5.77. The summed E-state index contributed by atoms with van der Waals surface area (Å²) in [6, 6.07) is 1.46. The topological polar surface area (TPSA) is 60.2 Å². The van der Waals surface area contributed by atoms with Crippen LogP contribution in [0.3, 0.4) is 0 Å². The van der Waals surface area contributed by atoms with Crippen LogP contribution in [0, 0.1) is 0 Å². The number of thiophene rings is 1. The molecule has 1 heterocycles. The SMILES string of the molecule is Nc1cc(C(=O)[C]=O)cs1. The molecule has 3 nitrogen and oxygen atoms in total. The van der Waals surface area contributed by atoms with Crippen LogP contribution < -0.4 is 5.73 Å². The average molecular weight is 154 g/mol. The molecule has 0 fully saturated rings. The van der Waals surface area contributed by atoms with Gasteiger partial charge in [-0.1, -0.05) is 0 Å². The number of ketones is 1. The molecule has 1 aromatic rings. The summed E-state index contributed by atoms with van der Waals surface area (Å²) in [5, 5.41) is 2.06. The van der Waals surface area contributed by atoms with Crippen molar-refractivity contribution in [1.29, 1.82) is 0 Å². The number of carbonyl (C=O) groups is 1. The lowest BCUT2D eigenvalue weighted by molar-refractivity contribution is 0.106. The summed E-state index contributed by atoms with van der Waals surface area (Å²) < 4.78 is 0. The molecule has 2 N–H and O–H groups in total. The minimum Gasteiger partial charge on any atom is -0.391 e. The number of hydrogen-bond acceptors (Lipinski definition) is 4. The minimum absolute atomic E-state index is 0.317. The van der Waals surface area contributed by atoms with Gasteiger partial charge in [0.1, 0.15) is 0 Å². The molecule has 1 aromatic heterocycles. The Morgan fingerprint density at radius 1 is 1.70 bits per heavy atom. The summed E-state index contributed by atoms with van der Waals surface area (Å²) >= 11 is 1.23.